The van der Waals surface area contributed by atoms with Crippen molar-refractivity contribution < 1.29 is 19.1 Å². The van der Waals surface area contributed by atoms with Crippen LogP contribution in [0.2, 0.25) is 0 Å². The number of hydrogen-bond acceptors (Lipinski definition) is 4. The van der Waals surface area contributed by atoms with Gasteiger partial charge >= 0.3 is 12.0 Å². The zero-order valence-electron chi connectivity index (χ0n) is 15.9. The third kappa shape index (κ3) is 5.11. The Balaban J connectivity index is 1.37. The second-order valence-corrected chi connectivity index (χ2v) is 8.34. The van der Waals surface area contributed by atoms with Crippen LogP contribution in [0.1, 0.15) is 46.0 Å². The maximum atomic E-state index is 12.3. The van der Waals surface area contributed by atoms with Crippen molar-refractivity contribution in [3.63, 3.8) is 0 Å². The number of ether oxygens (including phenoxy) is 1. The summed E-state index contributed by atoms with van der Waals surface area (Å²) in [6.07, 6.45) is 4.47. The first-order chi connectivity index (χ1) is 12.4. The third-order valence-corrected chi connectivity index (χ3v) is 5.58. The predicted octanol–water partition coefficient (Wildman–Crippen LogP) is 1.62. The normalized spacial score (nSPS) is 27.2. The molecule has 0 unspecified atom stereocenters. The fourth-order valence-corrected chi connectivity index (χ4v) is 4.02. The van der Waals surface area contributed by atoms with E-state index in [4.69, 9.17) is 4.74 Å². The quantitative estimate of drug-likeness (QED) is 0.768. The molecule has 3 fully saturated rings. The van der Waals surface area contributed by atoms with Crippen molar-refractivity contribution >= 4 is 17.9 Å². The molecule has 0 radical (unpaired) electrons. The van der Waals surface area contributed by atoms with Crippen LogP contribution in [-0.4, -0.2) is 66.5 Å². The molecule has 2 heterocycles. The van der Waals surface area contributed by atoms with Crippen LogP contribution in [-0.2, 0) is 14.3 Å². The Hall–Kier alpha value is -1.79. The van der Waals surface area contributed by atoms with E-state index in [1.165, 1.54) is 0 Å². The number of carbonyl (C=O) groups is 3. The van der Waals surface area contributed by atoms with Crippen LogP contribution in [0.3, 0.4) is 0 Å². The molecule has 1 saturated carbocycles. The molecule has 7 heteroatoms. The molecule has 0 bridgehead atoms. The highest BCUT2D eigenvalue weighted by Crippen LogP contribution is 2.23. The highest BCUT2D eigenvalue weighted by Gasteiger charge is 2.32. The number of piperidine rings is 2. The Morgan fingerprint density at radius 3 is 2.15 bits per heavy atom. The van der Waals surface area contributed by atoms with Gasteiger partial charge in [0.25, 0.3) is 5.91 Å². The van der Waals surface area contributed by atoms with E-state index in [1.807, 2.05) is 4.90 Å². The summed E-state index contributed by atoms with van der Waals surface area (Å²) in [5, 5.41) is 2.97. The lowest BCUT2D eigenvalue weighted by Crippen LogP contribution is -2.47. The van der Waals surface area contributed by atoms with Crippen molar-refractivity contribution in [3.05, 3.63) is 0 Å². The summed E-state index contributed by atoms with van der Waals surface area (Å²) in [5.74, 6) is 0.359. The zero-order valence-corrected chi connectivity index (χ0v) is 15.9. The number of esters is 1. The minimum Gasteiger partial charge on any atom is -0.455 e. The van der Waals surface area contributed by atoms with E-state index in [0.717, 1.165) is 32.4 Å². The van der Waals surface area contributed by atoms with Gasteiger partial charge < -0.3 is 19.9 Å². The Kier molecular flexibility index (Phi) is 6.04. The smallest absolute Gasteiger partial charge is 0.317 e. The molecular formula is C19H31N3O4. The Morgan fingerprint density at radius 2 is 1.58 bits per heavy atom. The van der Waals surface area contributed by atoms with Crippen LogP contribution in [0.15, 0.2) is 0 Å². The van der Waals surface area contributed by atoms with Crippen molar-refractivity contribution in [2.75, 3.05) is 32.8 Å². The summed E-state index contributed by atoms with van der Waals surface area (Å²) < 4.78 is 5.29. The number of likely N-dealkylation sites (tertiary alicyclic amines) is 2. The van der Waals surface area contributed by atoms with Gasteiger partial charge in [0.1, 0.15) is 0 Å². The molecule has 0 aromatic heterocycles. The number of nitrogens with zero attached hydrogens (tertiary/aromatic N) is 2. The Labute approximate surface area is 155 Å². The monoisotopic (exact) mass is 365 g/mol. The molecule has 3 aliphatic rings. The number of rotatable bonds is 4. The molecule has 26 heavy (non-hydrogen) atoms. The zero-order chi connectivity index (χ0) is 18.7. The lowest BCUT2D eigenvalue weighted by Gasteiger charge is -2.35. The molecule has 0 spiro atoms. The molecule has 2 saturated heterocycles. The van der Waals surface area contributed by atoms with Gasteiger partial charge in [0.15, 0.2) is 6.61 Å². The maximum absolute atomic E-state index is 12.3. The average Bonchev–Trinajstić information content (AvgIpc) is 3.42. The van der Waals surface area contributed by atoms with Gasteiger partial charge in [-0.15, -0.1) is 0 Å². The van der Waals surface area contributed by atoms with Gasteiger partial charge in [0.05, 0.1) is 5.92 Å². The van der Waals surface area contributed by atoms with Crippen LogP contribution < -0.4 is 5.32 Å². The minimum atomic E-state index is -0.307. The molecule has 0 aromatic rings. The average molecular weight is 365 g/mol. The SMILES string of the molecule is C[C@@H]1C[C@H](C)CN(C(=O)COC(=O)C2CCN(C(=O)NC3CC3)CC2)C1. The standard InChI is InChI=1S/C19H31N3O4/c1-13-9-14(2)11-22(10-13)17(23)12-26-18(24)15-5-7-21(8-6-15)19(25)20-16-3-4-16/h13-16H,3-12H2,1-2H3,(H,20,25)/t13-,14+. The molecule has 1 N–H and O–H groups in total. The first kappa shape index (κ1) is 19.0. The van der Waals surface area contributed by atoms with Crippen molar-refractivity contribution in [2.45, 2.75) is 52.0 Å². The first-order valence-corrected chi connectivity index (χ1v) is 9.92. The van der Waals surface area contributed by atoms with Crippen LogP contribution in [0.5, 0.6) is 0 Å². The number of nitrogens with one attached hydrogen (secondary N) is 1. The van der Waals surface area contributed by atoms with Crippen molar-refractivity contribution in [1.82, 2.24) is 15.1 Å². The predicted molar refractivity (Wildman–Crippen MR) is 96.3 cm³/mol. The summed E-state index contributed by atoms with van der Waals surface area (Å²) in [4.78, 5) is 40.2. The Morgan fingerprint density at radius 1 is 0.962 bits per heavy atom. The van der Waals surface area contributed by atoms with Crippen molar-refractivity contribution in [3.8, 4) is 0 Å². The molecule has 1 aliphatic carbocycles. The third-order valence-electron chi connectivity index (χ3n) is 5.58. The molecular weight excluding hydrogens is 334 g/mol. The second kappa shape index (κ2) is 8.27. The van der Waals surface area contributed by atoms with Crippen LogP contribution in [0.25, 0.3) is 0 Å². The number of carbonyl (C=O) groups excluding carboxylic acids is 3. The minimum absolute atomic E-state index is 0.0252. The van der Waals surface area contributed by atoms with E-state index < -0.39 is 0 Å². The van der Waals surface area contributed by atoms with Gasteiger partial charge in [0, 0.05) is 32.2 Å². The van der Waals surface area contributed by atoms with Crippen molar-refractivity contribution in [1.29, 1.82) is 0 Å². The van der Waals surface area contributed by atoms with Gasteiger partial charge in [-0.2, -0.15) is 0 Å². The van der Waals surface area contributed by atoms with E-state index in [2.05, 4.69) is 19.2 Å². The lowest BCUT2D eigenvalue weighted by molar-refractivity contribution is -0.157. The molecule has 3 amide bonds. The summed E-state index contributed by atoms with van der Waals surface area (Å²) in [6, 6.07) is 0.319. The van der Waals surface area contributed by atoms with E-state index in [-0.39, 0.29) is 30.4 Å². The largest absolute Gasteiger partial charge is 0.455 e. The topological polar surface area (TPSA) is 79.0 Å². The molecule has 7 nitrogen and oxygen atoms in total. The van der Waals surface area contributed by atoms with Gasteiger partial charge in [-0.3, -0.25) is 9.59 Å². The molecule has 0 aromatic carbocycles. The fourth-order valence-electron chi connectivity index (χ4n) is 4.02. The van der Waals surface area contributed by atoms with Gasteiger partial charge in [-0.1, -0.05) is 13.8 Å². The van der Waals surface area contributed by atoms with Gasteiger partial charge in [-0.05, 0) is 43.9 Å². The summed E-state index contributed by atoms with van der Waals surface area (Å²) in [5.41, 5.74) is 0. The highest BCUT2D eigenvalue weighted by molar-refractivity contribution is 5.81. The molecule has 3 rings (SSSR count). The number of urea groups is 1. The van der Waals surface area contributed by atoms with E-state index in [0.29, 0.717) is 43.8 Å². The van der Waals surface area contributed by atoms with Gasteiger partial charge in [0.2, 0.25) is 0 Å². The van der Waals surface area contributed by atoms with Crippen LogP contribution in [0, 0.1) is 17.8 Å². The molecule has 146 valence electrons. The molecule has 2 atom stereocenters. The van der Waals surface area contributed by atoms with Crippen molar-refractivity contribution in [2.24, 2.45) is 17.8 Å². The fraction of sp³-hybridized carbons (Fsp3) is 0.842. The number of hydrogen-bond donors (Lipinski definition) is 1. The van der Waals surface area contributed by atoms with Crippen LogP contribution >= 0.6 is 0 Å². The van der Waals surface area contributed by atoms with Crippen LogP contribution in [0.4, 0.5) is 4.79 Å². The Bertz CT molecular complexity index is 531. The summed E-state index contributed by atoms with van der Waals surface area (Å²) in [6.45, 7) is 6.75. The number of amides is 3. The summed E-state index contributed by atoms with van der Waals surface area (Å²) >= 11 is 0. The summed E-state index contributed by atoms with van der Waals surface area (Å²) in [7, 11) is 0. The van der Waals surface area contributed by atoms with E-state index in [1.54, 1.807) is 4.90 Å². The van der Waals surface area contributed by atoms with E-state index in [9.17, 15) is 14.4 Å². The maximum Gasteiger partial charge on any atom is 0.317 e. The lowest BCUT2D eigenvalue weighted by atomic mass is 9.92. The second-order valence-electron chi connectivity index (χ2n) is 8.34. The highest BCUT2D eigenvalue weighted by atomic mass is 16.5. The van der Waals surface area contributed by atoms with Gasteiger partial charge in [-0.25, -0.2) is 4.79 Å². The first-order valence-electron chi connectivity index (χ1n) is 9.92. The van der Waals surface area contributed by atoms with E-state index >= 15 is 0 Å². The molecule has 2 aliphatic heterocycles.